The average Bonchev–Trinajstić information content (AvgIpc) is 2.94. The van der Waals surface area contributed by atoms with Gasteiger partial charge in [-0.25, -0.2) is 5.43 Å². The first-order valence-electron chi connectivity index (χ1n) is 12.5. The van der Waals surface area contributed by atoms with Gasteiger partial charge >= 0.3 is 5.69 Å². The zero-order valence-corrected chi connectivity index (χ0v) is 24.6. The molecule has 3 aromatic rings. The first-order chi connectivity index (χ1) is 19.7. The number of hydrogen-bond donors (Lipinski definition) is 1. The minimum absolute atomic E-state index is 0.180. The summed E-state index contributed by atoms with van der Waals surface area (Å²) in [5.41, 5.74) is 2.33. The predicted octanol–water partition coefficient (Wildman–Crippen LogP) is 6.25. The average molecular weight is 678 g/mol. The summed E-state index contributed by atoms with van der Waals surface area (Å²) < 4.78 is 23.3. The minimum atomic E-state index is -0.762. The number of nitro groups is 2. The van der Waals surface area contributed by atoms with Crippen molar-refractivity contribution in [1.82, 2.24) is 5.43 Å². The van der Waals surface area contributed by atoms with Crippen LogP contribution in [0, 0.1) is 23.8 Å². The summed E-state index contributed by atoms with van der Waals surface area (Å²) in [4.78, 5) is 33.8. The molecule has 0 radical (unpaired) electrons. The van der Waals surface area contributed by atoms with Crippen LogP contribution < -0.4 is 24.4 Å². The monoisotopic (exact) mass is 678 g/mol. The Balaban J connectivity index is 1.82. The van der Waals surface area contributed by atoms with E-state index in [1.54, 1.807) is 37.3 Å². The lowest BCUT2D eigenvalue weighted by atomic mass is 10.2. The summed E-state index contributed by atoms with van der Waals surface area (Å²) in [7, 11) is 0. The van der Waals surface area contributed by atoms with Crippen LogP contribution in [0.4, 0.5) is 11.4 Å². The fraction of sp³-hybridized carbons (Fsp3) is 0.259. The summed E-state index contributed by atoms with van der Waals surface area (Å²) in [6.45, 7) is 6.76. The molecule has 0 bridgehead atoms. The van der Waals surface area contributed by atoms with E-state index in [4.69, 9.17) is 18.9 Å². The number of non-ortho nitro benzene ring substituents is 1. The number of rotatable bonds is 14. The Morgan fingerprint density at radius 3 is 2.27 bits per heavy atom. The third kappa shape index (κ3) is 8.26. The molecule has 1 N–H and O–H groups in total. The van der Waals surface area contributed by atoms with E-state index in [1.165, 1.54) is 6.21 Å². The number of nitrogens with zero attached hydrogens (tertiary/aromatic N) is 3. The molecule has 0 heterocycles. The smallest absolute Gasteiger partial charge is 0.318 e. The van der Waals surface area contributed by atoms with Crippen molar-refractivity contribution < 1.29 is 33.6 Å². The van der Waals surface area contributed by atoms with Crippen LogP contribution in [-0.4, -0.2) is 41.8 Å². The van der Waals surface area contributed by atoms with Crippen molar-refractivity contribution >= 4 is 46.1 Å². The van der Waals surface area contributed by atoms with Crippen molar-refractivity contribution in [2.75, 3.05) is 19.8 Å². The number of carbonyl (C=O) groups is 1. The molecule has 0 saturated heterocycles. The van der Waals surface area contributed by atoms with Gasteiger partial charge in [0.2, 0.25) is 5.75 Å². The molecular formula is C27H27IN4O9. The van der Waals surface area contributed by atoms with Crippen LogP contribution in [0.15, 0.2) is 53.6 Å². The lowest BCUT2D eigenvalue weighted by Gasteiger charge is -2.14. The van der Waals surface area contributed by atoms with Crippen molar-refractivity contribution in [2.24, 2.45) is 5.10 Å². The second-order valence-corrected chi connectivity index (χ2v) is 9.34. The molecule has 216 valence electrons. The number of benzene rings is 3. The van der Waals surface area contributed by atoms with Gasteiger partial charge in [0.05, 0.1) is 45.5 Å². The second kappa shape index (κ2) is 14.8. The molecule has 0 atom stereocenters. The van der Waals surface area contributed by atoms with Gasteiger partial charge in [-0.3, -0.25) is 25.0 Å². The fourth-order valence-corrected chi connectivity index (χ4v) is 4.20. The van der Waals surface area contributed by atoms with Gasteiger partial charge in [-0.1, -0.05) is 6.92 Å². The number of nitrogens with one attached hydrogen (secondary N) is 1. The Hall–Kier alpha value is -4.47. The number of ether oxygens (including phenoxy) is 4. The first kappa shape index (κ1) is 31.1. The second-order valence-electron chi connectivity index (χ2n) is 8.17. The highest BCUT2D eigenvalue weighted by Gasteiger charge is 2.23. The minimum Gasteiger partial charge on any atom is -0.490 e. The maximum atomic E-state index is 12.7. The van der Waals surface area contributed by atoms with Gasteiger partial charge in [0.25, 0.3) is 11.6 Å². The molecular weight excluding hydrogens is 651 g/mol. The first-order valence-corrected chi connectivity index (χ1v) is 13.6. The van der Waals surface area contributed by atoms with E-state index in [9.17, 15) is 25.0 Å². The SMILES string of the molecule is CCCOc1ccc(C(=O)N/N=C/c2cc(I)c(Oc3ccc([N+](=O)[O-])cc3[N+](=O)[O-])c(OCC)c2)cc1OCC. The standard InChI is InChI=1S/C27H27IN4O9/c1-4-11-40-23-9-7-18(14-24(23)38-5-2)27(33)30-29-16-17-12-20(28)26(25(13-17)39-6-3)41-22-10-8-19(31(34)35)15-21(22)32(36)37/h7-10,12-16H,4-6,11H2,1-3H3,(H,30,33)/b29-16+. The van der Waals surface area contributed by atoms with Crippen LogP contribution in [0.3, 0.4) is 0 Å². The molecule has 41 heavy (non-hydrogen) atoms. The maximum Gasteiger partial charge on any atom is 0.318 e. The molecule has 1 amide bonds. The highest BCUT2D eigenvalue weighted by Crippen LogP contribution is 2.41. The largest absolute Gasteiger partial charge is 0.490 e. The van der Waals surface area contributed by atoms with E-state index in [2.05, 4.69) is 10.5 Å². The highest BCUT2D eigenvalue weighted by atomic mass is 127. The molecule has 0 aliphatic rings. The summed E-state index contributed by atoms with van der Waals surface area (Å²) in [6.07, 6.45) is 2.24. The van der Waals surface area contributed by atoms with E-state index in [0.29, 0.717) is 39.4 Å². The Bertz CT molecular complexity index is 1460. The van der Waals surface area contributed by atoms with E-state index in [1.807, 2.05) is 36.4 Å². The van der Waals surface area contributed by atoms with Crippen molar-refractivity contribution in [3.63, 3.8) is 0 Å². The molecule has 0 aliphatic carbocycles. The number of hydrazone groups is 1. The Morgan fingerprint density at radius 2 is 1.61 bits per heavy atom. The normalized spacial score (nSPS) is 10.7. The lowest BCUT2D eigenvalue weighted by Crippen LogP contribution is -2.17. The Kier molecular flexibility index (Phi) is 11.2. The molecule has 0 aliphatic heterocycles. The third-order valence-corrected chi connectivity index (χ3v) is 6.04. The predicted molar refractivity (Wildman–Crippen MR) is 159 cm³/mol. The zero-order valence-electron chi connectivity index (χ0n) is 22.4. The van der Waals surface area contributed by atoms with Gasteiger partial charge in [-0.2, -0.15) is 5.10 Å². The quantitative estimate of drug-likeness (QED) is 0.0898. The van der Waals surface area contributed by atoms with E-state index in [-0.39, 0.29) is 23.9 Å². The van der Waals surface area contributed by atoms with Crippen molar-refractivity contribution in [3.05, 3.63) is 83.5 Å². The van der Waals surface area contributed by atoms with Gasteiger partial charge in [-0.15, -0.1) is 0 Å². The fourth-order valence-electron chi connectivity index (χ4n) is 3.46. The Morgan fingerprint density at radius 1 is 0.902 bits per heavy atom. The van der Waals surface area contributed by atoms with Gasteiger partial charge in [0.15, 0.2) is 23.0 Å². The van der Waals surface area contributed by atoms with Crippen LogP contribution in [0.2, 0.25) is 0 Å². The molecule has 14 heteroatoms. The van der Waals surface area contributed by atoms with Crippen LogP contribution in [0.25, 0.3) is 0 Å². The van der Waals surface area contributed by atoms with E-state index < -0.39 is 27.1 Å². The maximum absolute atomic E-state index is 12.7. The summed E-state index contributed by atoms with van der Waals surface area (Å²) in [5, 5.41) is 26.6. The lowest BCUT2D eigenvalue weighted by molar-refractivity contribution is -0.394. The van der Waals surface area contributed by atoms with Crippen molar-refractivity contribution in [3.8, 4) is 28.7 Å². The molecule has 0 saturated carbocycles. The third-order valence-electron chi connectivity index (χ3n) is 5.24. The molecule has 0 spiro atoms. The zero-order chi connectivity index (χ0) is 29.9. The molecule has 13 nitrogen and oxygen atoms in total. The van der Waals surface area contributed by atoms with Crippen LogP contribution in [-0.2, 0) is 0 Å². The van der Waals surface area contributed by atoms with Crippen LogP contribution >= 0.6 is 22.6 Å². The van der Waals surface area contributed by atoms with Crippen LogP contribution in [0.5, 0.6) is 28.7 Å². The highest BCUT2D eigenvalue weighted by molar-refractivity contribution is 14.1. The topological polar surface area (TPSA) is 165 Å². The summed E-state index contributed by atoms with van der Waals surface area (Å²) in [5.74, 6) is 0.786. The number of nitro benzene ring substituents is 2. The van der Waals surface area contributed by atoms with Gasteiger partial charge in [0.1, 0.15) is 0 Å². The molecule has 3 rings (SSSR count). The number of halogens is 1. The van der Waals surface area contributed by atoms with Gasteiger partial charge in [-0.05, 0) is 84.8 Å². The number of amides is 1. The number of carbonyl (C=O) groups excluding carboxylic acids is 1. The summed E-state index contributed by atoms with van der Waals surface area (Å²) >= 11 is 1.96. The summed E-state index contributed by atoms with van der Waals surface area (Å²) in [6, 6.07) is 11.2. The van der Waals surface area contributed by atoms with Crippen LogP contribution in [0.1, 0.15) is 43.1 Å². The molecule has 0 fully saturated rings. The molecule has 0 aromatic heterocycles. The van der Waals surface area contributed by atoms with Crippen molar-refractivity contribution in [2.45, 2.75) is 27.2 Å². The Labute approximate surface area is 248 Å². The number of hydrogen-bond acceptors (Lipinski definition) is 10. The van der Waals surface area contributed by atoms with E-state index in [0.717, 1.165) is 24.6 Å². The van der Waals surface area contributed by atoms with E-state index >= 15 is 0 Å². The molecule has 0 unspecified atom stereocenters. The molecule has 3 aromatic carbocycles. The van der Waals surface area contributed by atoms with Gasteiger partial charge < -0.3 is 18.9 Å². The van der Waals surface area contributed by atoms with Gasteiger partial charge in [0, 0.05) is 11.6 Å². The van der Waals surface area contributed by atoms with Crippen molar-refractivity contribution in [1.29, 1.82) is 0 Å².